The summed E-state index contributed by atoms with van der Waals surface area (Å²) < 4.78 is 10.8. The molecule has 31 heavy (non-hydrogen) atoms. The number of hydrogen-bond donors (Lipinski definition) is 0. The molecule has 0 unspecified atom stereocenters. The SMILES string of the molecule is CC(C)COC(=O)CN1C(=O)S/C(=C/c2ccc(OCc3ccccc3Cl)cc2)C1=O. The fourth-order valence-electron chi connectivity index (χ4n) is 2.66. The smallest absolute Gasteiger partial charge is 0.326 e. The molecule has 0 spiro atoms. The van der Waals surface area contributed by atoms with Gasteiger partial charge in [-0.1, -0.05) is 55.8 Å². The van der Waals surface area contributed by atoms with Crippen LogP contribution in [-0.2, 0) is 20.9 Å². The number of benzene rings is 2. The number of halogens is 1. The Bertz CT molecular complexity index is 1000. The molecule has 1 saturated heterocycles. The van der Waals surface area contributed by atoms with Crippen LogP contribution in [0, 0.1) is 5.92 Å². The van der Waals surface area contributed by atoms with E-state index in [1.807, 2.05) is 32.0 Å². The van der Waals surface area contributed by atoms with Crippen molar-refractivity contribution in [2.75, 3.05) is 13.2 Å². The second kappa shape index (κ2) is 10.5. The highest BCUT2D eigenvalue weighted by Crippen LogP contribution is 2.32. The van der Waals surface area contributed by atoms with Crippen LogP contribution in [0.3, 0.4) is 0 Å². The number of carbonyl (C=O) groups excluding carboxylic acids is 3. The Balaban J connectivity index is 1.60. The van der Waals surface area contributed by atoms with Crippen LogP contribution < -0.4 is 4.74 Å². The van der Waals surface area contributed by atoms with Gasteiger partial charge >= 0.3 is 5.97 Å². The van der Waals surface area contributed by atoms with Crippen molar-refractivity contribution < 1.29 is 23.9 Å². The molecule has 0 aromatic heterocycles. The summed E-state index contributed by atoms with van der Waals surface area (Å²) in [6.07, 6.45) is 1.61. The molecule has 1 aliphatic heterocycles. The lowest BCUT2D eigenvalue weighted by molar-refractivity contribution is -0.147. The predicted octanol–water partition coefficient (Wildman–Crippen LogP) is 5.15. The molecule has 1 fully saturated rings. The normalized spacial score (nSPS) is 15.1. The van der Waals surface area contributed by atoms with Gasteiger partial charge in [-0.25, -0.2) is 0 Å². The molecule has 0 atom stereocenters. The molecule has 0 saturated carbocycles. The first-order chi connectivity index (χ1) is 14.8. The molecule has 0 radical (unpaired) electrons. The third kappa shape index (κ3) is 6.35. The number of thioether (sulfide) groups is 1. The summed E-state index contributed by atoms with van der Waals surface area (Å²) in [6, 6.07) is 14.6. The first-order valence-electron chi connectivity index (χ1n) is 9.70. The summed E-state index contributed by atoms with van der Waals surface area (Å²) in [5, 5.41) is 0.153. The molecule has 2 aromatic rings. The Morgan fingerprint density at radius 2 is 1.84 bits per heavy atom. The van der Waals surface area contributed by atoms with Gasteiger partial charge in [-0.15, -0.1) is 0 Å². The zero-order valence-electron chi connectivity index (χ0n) is 17.2. The quantitative estimate of drug-likeness (QED) is 0.401. The zero-order chi connectivity index (χ0) is 22.4. The van der Waals surface area contributed by atoms with Crippen molar-refractivity contribution >= 4 is 46.6 Å². The van der Waals surface area contributed by atoms with Gasteiger partial charge in [-0.3, -0.25) is 19.3 Å². The van der Waals surface area contributed by atoms with Crippen molar-refractivity contribution in [1.82, 2.24) is 4.90 Å². The van der Waals surface area contributed by atoms with Crippen molar-refractivity contribution in [3.8, 4) is 5.75 Å². The Morgan fingerprint density at radius 1 is 1.13 bits per heavy atom. The van der Waals surface area contributed by atoms with E-state index in [9.17, 15) is 14.4 Å². The van der Waals surface area contributed by atoms with E-state index in [-0.39, 0.29) is 24.0 Å². The maximum atomic E-state index is 12.5. The Labute approximate surface area is 190 Å². The van der Waals surface area contributed by atoms with E-state index in [0.717, 1.165) is 27.8 Å². The largest absolute Gasteiger partial charge is 0.489 e. The summed E-state index contributed by atoms with van der Waals surface area (Å²) in [7, 11) is 0. The standard InChI is InChI=1S/C23H22ClNO5S/c1-15(2)13-30-21(26)12-25-22(27)20(31-23(25)28)11-16-7-9-18(10-8-16)29-14-17-5-3-4-6-19(17)24/h3-11,15H,12-14H2,1-2H3/b20-11+. The molecule has 1 aliphatic rings. The van der Waals surface area contributed by atoms with Crippen molar-refractivity contribution in [3.05, 3.63) is 69.6 Å². The molecule has 2 aromatic carbocycles. The monoisotopic (exact) mass is 459 g/mol. The minimum atomic E-state index is -0.600. The van der Waals surface area contributed by atoms with Crippen LogP contribution in [0.25, 0.3) is 6.08 Å². The van der Waals surface area contributed by atoms with E-state index in [4.69, 9.17) is 21.1 Å². The Hall–Kier alpha value is -2.77. The Kier molecular flexibility index (Phi) is 7.76. The van der Waals surface area contributed by atoms with E-state index in [0.29, 0.717) is 17.4 Å². The molecule has 1 heterocycles. The Morgan fingerprint density at radius 3 is 2.52 bits per heavy atom. The van der Waals surface area contributed by atoms with Crippen molar-refractivity contribution in [2.24, 2.45) is 5.92 Å². The van der Waals surface area contributed by atoms with Gasteiger partial charge in [0.25, 0.3) is 11.1 Å². The number of nitrogens with zero attached hydrogens (tertiary/aromatic N) is 1. The van der Waals surface area contributed by atoms with Crippen LogP contribution >= 0.6 is 23.4 Å². The van der Waals surface area contributed by atoms with Gasteiger partial charge in [0.2, 0.25) is 0 Å². The fourth-order valence-corrected chi connectivity index (χ4v) is 3.69. The molecule has 6 nitrogen and oxygen atoms in total. The summed E-state index contributed by atoms with van der Waals surface area (Å²) >= 11 is 6.93. The van der Waals surface area contributed by atoms with E-state index in [2.05, 4.69) is 0 Å². The van der Waals surface area contributed by atoms with Crippen molar-refractivity contribution in [1.29, 1.82) is 0 Å². The fraction of sp³-hybridized carbons (Fsp3) is 0.261. The highest BCUT2D eigenvalue weighted by molar-refractivity contribution is 8.18. The lowest BCUT2D eigenvalue weighted by Crippen LogP contribution is -2.34. The number of hydrogen-bond acceptors (Lipinski definition) is 6. The lowest BCUT2D eigenvalue weighted by Gasteiger charge is -2.12. The van der Waals surface area contributed by atoms with E-state index < -0.39 is 17.1 Å². The molecule has 8 heteroatoms. The molecule has 162 valence electrons. The third-order valence-electron chi connectivity index (χ3n) is 4.27. The van der Waals surface area contributed by atoms with Crippen LogP contribution in [0.5, 0.6) is 5.75 Å². The topological polar surface area (TPSA) is 72.9 Å². The average molecular weight is 460 g/mol. The van der Waals surface area contributed by atoms with Gasteiger partial charge in [0.1, 0.15) is 18.9 Å². The summed E-state index contributed by atoms with van der Waals surface area (Å²) in [4.78, 5) is 37.7. The number of amides is 2. The minimum Gasteiger partial charge on any atom is -0.489 e. The second-order valence-corrected chi connectivity index (χ2v) is 8.69. The molecule has 0 N–H and O–H groups in total. The van der Waals surface area contributed by atoms with Gasteiger partial charge in [-0.2, -0.15) is 0 Å². The van der Waals surface area contributed by atoms with Crippen LogP contribution in [0.4, 0.5) is 4.79 Å². The zero-order valence-corrected chi connectivity index (χ0v) is 18.7. The number of ether oxygens (including phenoxy) is 2. The van der Waals surface area contributed by atoms with Crippen molar-refractivity contribution in [2.45, 2.75) is 20.5 Å². The molecular formula is C23H22ClNO5S. The predicted molar refractivity (Wildman–Crippen MR) is 121 cm³/mol. The second-order valence-electron chi connectivity index (χ2n) is 7.29. The summed E-state index contributed by atoms with van der Waals surface area (Å²) in [5.74, 6) is -0.277. The summed E-state index contributed by atoms with van der Waals surface area (Å²) in [6.45, 7) is 4.01. The average Bonchev–Trinajstić information content (AvgIpc) is 3.00. The van der Waals surface area contributed by atoms with Crippen LogP contribution in [0.2, 0.25) is 5.02 Å². The number of carbonyl (C=O) groups is 3. The molecule has 0 aliphatic carbocycles. The highest BCUT2D eigenvalue weighted by atomic mass is 35.5. The number of esters is 1. The van der Waals surface area contributed by atoms with Crippen LogP contribution in [-0.4, -0.2) is 35.2 Å². The summed E-state index contributed by atoms with van der Waals surface area (Å²) in [5.41, 5.74) is 1.62. The highest BCUT2D eigenvalue weighted by Gasteiger charge is 2.36. The van der Waals surface area contributed by atoms with E-state index >= 15 is 0 Å². The maximum Gasteiger partial charge on any atom is 0.326 e. The molecule has 3 rings (SSSR count). The van der Waals surface area contributed by atoms with Gasteiger partial charge in [-0.05, 0) is 47.5 Å². The third-order valence-corrected chi connectivity index (χ3v) is 5.54. The molecule has 0 bridgehead atoms. The van der Waals surface area contributed by atoms with Crippen LogP contribution in [0.1, 0.15) is 25.0 Å². The molecule has 2 amide bonds. The first-order valence-corrected chi connectivity index (χ1v) is 10.9. The van der Waals surface area contributed by atoms with Crippen molar-refractivity contribution in [3.63, 3.8) is 0 Å². The lowest BCUT2D eigenvalue weighted by atomic mass is 10.2. The van der Waals surface area contributed by atoms with E-state index in [1.165, 1.54) is 0 Å². The van der Waals surface area contributed by atoms with Gasteiger partial charge in [0, 0.05) is 10.6 Å². The van der Waals surface area contributed by atoms with Gasteiger partial charge in [0.15, 0.2) is 0 Å². The van der Waals surface area contributed by atoms with Crippen LogP contribution in [0.15, 0.2) is 53.4 Å². The minimum absolute atomic E-state index is 0.176. The van der Waals surface area contributed by atoms with E-state index in [1.54, 1.807) is 36.4 Å². The number of imide groups is 1. The maximum absolute atomic E-state index is 12.5. The van der Waals surface area contributed by atoms with Gasteiger partial charge < -0.3 is 9.47 Å². The first kappa shape index (κ1) is 22.9. The molecular weight excluding hydrogens is 438 g/mol. The van der Waals surface area contributed by atoms with Gasteiger partial charge in [0.05, 0.1) is 11.5 Å². The number of rotatable bonds is 8.